The lowest BCUT2D eigenvalue weighted by Crippen LogP contribution is -2.38. The van der Waals surface area contributed by atoms with Crippen LogP contribution in [0.4, 0.5) is 0 Å². The van der Waals surface area contributed by atoms with Gasteiger partial charge in [0.1, 0.15) is 5.58 Å². The lowest BCUT2D eigenvalue weighted by molar-refractivity contribution is 0.304. The summed E-state index contributed by atoms with van der Waals surface area (Å²) in [6, 6.07) is 3.64. The molecule has 3 N–H and O–H groups in total. The number of hydrogen-bond acceptors (Lipinski definition) is 4. The van der Waals surface area contributed by atoms with Crippen molar-refractivity contribution in [3.05, 3.63) is 30.2 Å². The molecule has 0 amide bonds. The zero-order valence-electron chi connectivity index (χ0n) is 11.2. The van der Waals surface area contributed by atoms with Gasteiger partial charge in [-0.2, -0.15) is 0 Å². The molecule has 0 saturated heterocycles. The number of nitrogens with two attached hydrogens (primary N) is 1. The van der Waals surface area contributed by atoms with Crippen molar-refractivity contribution in [1.29, 1.82) is 0 Å². The Morgan fingerprint density at radius 2 is 1.60 bits per heavy atom. The van der Waals surface area contributed by atoms with Crippen LogP contribution >= 0.6 is 0 Å². The Balaban J connectivity index is 2.11. The van der Waals surface area contributed by atoms with Gasteiger partial charge in [0.25, 0.3) is 0 Å². The van der Waals surface area contributed by atoms with Crippen molar-refractivity contribution in [3.8, 4) is 5.75 Å². The monoisotopic (exact) mass is 271 g/mol. The number of phenolic OH excluding ortho intramolecular Hbond substituents is 1. The maximum atomic E-state index is 10.3. The topological polar surface area (TPSA) is 72.5 Å². The Kier molecular flexibility index (Phi) is 2.39. The van der Waals surface area contributed by atoms with E-state index in [1.54, 1.807) is 18.6 Å². The molecule has 1 aliphatic carbocycles. The molecule has 4 rings (SSSR count). The first-order valence-electron chi connectivity index (χ1n) is 7.09. The van der Waals surface area contributed by atoms with Crippen molar-refractivity contribution >= 4 is 21.9 Å². The van der Waals surface area contributed by atoms with E-state index in [4.69, 9.17) is 14.6 Å². The number of phenols is 1. The zero-order chi connectivity index (χ0) is 13.7. The second-order valence-corrected chi connectivity index (χ2v) is 5.77. The quantitative estimate of drug-likeness (QED) is 0.701. The number of aromatic hydroxyl groups is 1. The van der Waals surface area contributed by atoms with E-state index in [0.29, 0.717) is 16.6 Å². The van der Waals surface area contributed by atoms with Gasteiger partial charge in [0.05, 0.1) is 17.9 Å². The Morgan fingerprint density at radius 3 is 2.35 bits per heavy atom. The molecule has 0 radical (unpaired) electrons. The average molecular weight is 271 g/mol. The summed E-state index contributed by atoms with van der Waals surface area (Å²) in [6.45, 7) is 0. The normalized spacial score (nSPS) is 18.9. The number of hydrogen-bond donors (Lipinski definition) is 2. The van der Waals surface area contributed by atoms with Gasteiger partial charge in [0.15, 0.2) is 11.3 Å². The van der Waals surface area contributed by atoms with E-state index in [1.807, 2.05) is 6.07 Å². The molecule has 1 aromatic carbocycles. The van der Waals surface area contributed by atoms with Gasteiger partial charge in [-0.25, -0.2) is 0 Å². The number of fused-ring (bicyclic) bond motifs is 2. The van der Waals surface area contributed by atoms with Crippen LogP contribution in [0.3, 0.4) is 0 Å². The second-order valence-electron chi connectivity index (χ2n) is 5.77. The van der Waals surface area contributed by atoms with Crippen LogP contribution in [0.2, 0.25) is 0 Å². The lowest BCUT2D eigenvalue weighted by Gasteiger charge is -2.34. The van der Waals surface area contributed by atoms with Gasteiger partial charge >= 0.3 is 0 Å². The lowest BCUT2D eigenvalue weighted by atomic mass is 9.76. The van der Waals surface area contributed by atoms with Gasteiger partial charge in [-0.05, 0) is 25.0 Å². The summed E-state index contributed by atoms with van der Waals surface area (Å²) in [5, 5.41) is 11.8. The van der Waals surface area contributed by atoms with Gasteiger partial charge in [-0.3, -0.25) is 0 Å². The highest BCUT2D eigenvalue weighted by Crippen LogP contribution is 2.46. The summed E-state index contributed by atoms with van der Waals surface area (Å²) in [5.74, 6) is 0.136. The fourth-order valence-electron chi connectivity index (χ4n) is 3.55. The minimum absolute atomic E-state index is 0.136. The third kappa shape index (κ3) is 1.45. The Morgan fingerprint density at radius 1 is 0.950 bits per heavy atom. The van der Waals surface area contributed by atoms with Gasteiger partial charge in [0.2, 0.25) is 0 Å². The van der Waals surface area contributed by atoms with E-state index in [0.717, 1.165) is 36.6 Å². The second kappa shape index (κ2) is 4.03. The van der Waals surface area contributed by atoms with Crippen LogP contribution in [0.15, 0.2) is 33.5 Å². The zero-order valence-corrected chi connectivity index (χ0v) is 11.2. The molecule has 1 fully saturated rings. The SMILES string of the molecule is NC1(c2c3ccoc3c(O)c3ccoc23)CCCCC1. The summed E-state index contributed by atoms with van der Waals surface area (Å²) < 4.78 is 11.1. The molecule has 2 aromatic heterocycles. The molecule has 2 heterocycles. The van der Waals surface area contributed by atoms with Gasteiger partial charge in [-0.1, -0.05) is 19.3 Å². The first-order valence-corrected chi connectivity index (χ1v) is 7.09. The fraction of sp³-hybridized carbons (Fsp3) is 0.375. The van der Waals surface area contributed by atoms with E-state index < -0.39 is 5.54 Å². The predicted molar refractivity (Wildman–Crippen MR) is 76.6 cm³/mol. The largest absolute Gasteiger partial charge is 0.504 e. The molecule has 3 aromatic rings. The molecule has 0 spiro atoms. The van der Waals surface area contributed by atoms with Crippen molar-refractivity contribution in [2.75, 3.05) is 0 Å². The van der Waals surface area contributed by atoms with Crippen LogP contribution in [0.1, 0.15) is 37.7 Å². The molecule has 0 aliphatic heterocycles. The first-order chi connectivity index (χ1) is 9.71. The summed E-state index contributed by atoms with van der Waals surface area (Å²) in [7, 11) is 0. The molecule has 0 unspecified atom stereocenters. The number of benzene rings is 1. The van der Waals surface area contributed by atoms with Crippen molar-refractivity contribution in [2.45, 2.75) is 37.6 Å². The van der Waals surface area contributed by atoms with Crippen molar-refractivity contribution in [2.24, 2.45) is 5.73 Å². The highest BCUT2D eigenvalue weighted by atomic mass is 16.4. The Labute approximate surface area is 116 Å². The van der Waals surface area contributed by atoms with Crippen molar-refractivity contribution in [3.63, 3.8) is 0 Å². The molecule has 1 saturated carbocycles. The molecule has 4 heteroatoms. The van der Waals surface area contributed by atoms with E-state index in [1.165, 1.54) is 6.42 Å². The van der Waals surface area contributed by atoms with E-state index in [9.17, 15) is 5.11 Å². The third-order valence-corrected chi connectivity index (χ3v) is 4.54. The molecule has 104 valence electrons. The molecular formula is C16H17NO3. The maximum absolute atomic E-state index is 10.3. The van der Waals surface area contributed by atoms with Crippen molar-refractivity contribution < 1.29 is 13.9 Å². The standard InChI is InChI=1S/C16H17NO3/c17-16(6-2-1-3-7-16)12-10-4-8-20-15(10)13(18)11-5-9-19-14(11)12/h4-5,8-9,18H,1-3,6-7,17H2. The average Bonchev–Trinajstić information content (AvgIpc) is 3.08. The third-order valence-electron chi connectivity index (χ3n) is 4.54. The number of furan rings is 2. The van der Waals surface area contributed by atoms with E-state index in [-0.39, 0.29) is 5.75 Å². The predicted octanol–water partition coefficient (Wildman–Crippen LogP) is 4.00. The fourth-order valence-corrected chi connectivity index (χ4v) is 3.55. The molecule has 1 aliphatic rings. The highest BCUT2D eigenvalue weighted by molar-refractivity contribution is 6.04. The van der Waals surface area contributed by atoms with Crippen LogP contribution < -0.4 is 5.73 Å². The Hall–Kier alpha value is -1.94. The van der Waals surface area contributed by atoms with Crippen LogP contribution in [-0.4, -0.2) is 5.11 Å². The molecule has 20 heavy (non-hydrogen) atoms. The molecular weight excluding hydrogens is 254 g/mol. The van der Waals surface area contributed by atoms with Gasteiger partial charge in [0, 0.05) is 16.5 Å². The minimum atomic E-state index is -0.399. The van der Waals surface area contributed by atoms with Gasteiger partial charge < -0.3 is 19.7 Å². The van der Waals surface area contributed by atoms with Gasteiger partial charge in [-0.15, -0.1) is 0 Å². The van der Waals surface area contributed by atoms with Crippen LogP contribution in [0.25, 0.3) is 21.9 Å². The van der Waals surface area contributed by atoms with Crippen molar-refractivity contribution in [1.82, 2.24) is 0 Å². The van der Waals surface area contributed by atoms with E-state index in [2.05, 4.69) is 0 Å². The minimum Gasteiger partial charge on any atom is -0.504 e. The highest BCUT2D eigenvalue weighted by Gasteiger charge is 2.35. The summed E-state index contributed by atoms with van der Waals surface area (Å²) >= 11 is 0. The molecule has 0 atom stereocenters. The van der Waals surface area contributed by atoms with E-state index >= 15 is 0 Å². The van der Waals surface area contributed by atoms with Crippen LogP contribution in [0.5, 0.6) is 5.75 Å². The molecule has 0 bridgehead atoms. The summed E-state index contributed by atoms with van der Waals surface area (Å²) in [6.07, 6.45) is 8.55. The Bertz CT molecular complexity index is 726. The summed E-state index contributed by atoms with van der Waals surface area (Å²) in [5.41, 5.74) is 8.48. The van der Waals surface area contributed by atoms with Crippen LogP contribution in [-0.2, 0) is 5.54 Å². The molecule has 4 nitrogen and oxygen atoms in total. The van der Waals surface area contributed by atoms with Crippen LogP contribution in [0, 0.1) is 0 Å². The smallest absolute Gasteiger partial charge is 0.176 e. The maximum Gasteiger partial charge on any atom is 0.176 e. The first kappa shape index (κ1) is 11.9. The number of rotatable bonds is 1. The summed E-state index contributed by atoms with van der Waals surface area (Å²) in [4.78, 5) is 0.